The molecule has 1 saturated heterocycles. The predicted molar refractivity (Wildman–Crippen MR) is 93.3 cm³/mol. The van der Waals surface area contributed by atoms with Gasteiger partial charge in [0, 0.05) is 19.1 Å². The average Bonchev–Trinajstić information content (AvgIpc) is 2.90. The number of hydrogen-bond donors (Lipinski definition) is 1. The van der Waals surface area contributed by atoms with Crippen LogP contribution in [0.25, 0.3) is 0 Å². The molecule has 134 valence electrons. The Morgan fingerprint density at radius 3 is 2.62 bits per heavy atom. The van der Waals surface area contributed by atoms with Crippen LogP contribution < -0.4 is 9.46 Å². The van der Waals surface area contributed by atoms with E-state index in [1.807, 2.05) is 30.3 Å². The van der Waals surface area contributed by atoms with Gasteiger partial charge < -0.3 is 9.64 Å². The molecule has 1 aromatic rings. The zero-order valence-electron chi connectivity index (χ0n) is 14.3. The molecule has 0 aliphatic carbocycles. The maximum Gasteiger partial charge on any atom is 0.226 e. The Balaban J connectivity index is 1.85. The maximum absolute atomic E-state index is 12.4. The van der Waals surface area contributed by atoms with Gasteiger partial charge in [0.05, 0.1) is 19.3 Å². The maximum atomic E-state index is 12.4. The van der Waals surface area contributed by atoms with E-state index in [1.165, 1.54) is 0 Å². The number of hydrogen-bond acceptors (Lipinski definition) is 4. The van der Waals surface area contributed by atoms with Crippen molar-refractivity contribution in [2.24, 2.45) is 5.92 Å². The van der Waals surface area contributed by atoms with Gasteiger partial charge in [0.15, 0.2) is 0 Å². The number of ether oxygens (including phenoxy) is 1. The third-order valence-electron chi connectivity index (χ3n) is 4.15. The van der Waals surface area contributed by atoms with Crippen LogP contribution in [0.5, 0.6) is 5.75 Å². The normalized spacial score (nSPS) is 21.0. The zero-order chi connectivity index (χ0) is 17.6. The van der Waals surface area contributed by atoms with Gasteiger partial charge in [0.1, 0.15) is 5.75 Å². The molecule has 2 atom stereocenters. The lowest BCUT2D eigenvalue weighted by Crippen LogP contribution is -2.40. The number of likely N-dealkylation sites (tertiary alicyclic amines) is 1. The minimum absolute atomic E-state index is 0.00448. The largest absolute Gasteiger partial charge is 0.493 e. The number of nitrogens with zero attached hydrogens (tertiary/aromatic N) is 1. The Kier molecular flexibility index (Phi) is 6.62. The molecule has 0 spiro atoms. The van der Waals surface area contributed by atoms with Crippen LogP contribution in [0.15, 0.2) is 30.3 Å². The van der Waals surface area contributed by atoms with Crippen LogP contribution in [-0.2, 0) is 14.8 Å². The van der Waals surface area contributed by atoms with E-state index >= 15 is 0 Å². The second-order valence-electron chi connectivity index (χ2n) is 6.26. The van der Waals surface area contributed by atoms with E-state index in [9.17, 15) is 13.2 Å². The third-order valence-corrected chi connectivity index (χ3v) is 4.88. The van der Waals surface area contributed by atoms with Crippen molar-refractivity contribution in [1.82, 2.24) is 9.62 Å². The van der Waals surface area contributed by atoms with Crippen molar-refractivity contribution < 1.29 is 17.9 Å². The summed E-state index contributed by atoms with van der Waals surface area (Å²) < 4.78 is 31.2. The summed E-state index contributed by atoms with van der Waals surface area (Å²) in [5, 5.41) is 0. The summed E-state index contributed by atoms with van der Waals surface area (Å²) in [5.74, 6) is 0.917. The molecule has 24 heavy (non-hydrogen) atoms. The summed E-state index contributed by atoms with van der Waals surface area (Å²) in [6.07, 6.45) is 3.32. The fraction of sp³-hybridized carbons (Fsp3) is 0.588. The van der Waals surface area contributed by atoms with E-state index in [0.29, 0.717) is 26.1 Å². The van der Waals surface area contributed by atoms with Gasteiger partial charge in [-0.05, 0) is 24.5 Å². The lowest BCUT2D eigenvalue weighted by atomic mass is 9.99. The van der Waals surface area contributed by atoms with Crippen molar-refractivity contribution in [3.8, 4) is 5.75 Å². The number of benzene rings is 1. The number of carbonyl (C=O) groups is 1. The molecule has 1 heterocycles. The quantitative estimate of drug-likeness (QED) is 0.770. The molecule has 0 aromatic heterocycles. The summed E-state index contributed by atoms with van der Waals surface area (Å²) >= 11 is 0. The van der Waals surface area contributed by atoms with Crippen LogP contribution in [0, 0.1) is 5.92 Å². The van der Waals surface area contributed by atoms with Crippen LogP contribution in [0.1, 0.15) is 26.2 Å². The first kappa shape index (κ1) is 18.7. The van der Waals surface area contributed by atoms with Gasteiger partial charge in [0.25, 0.3) is 0 Å². The molecule has 1 amide bonds. The van der Waals surface area contributed by atoms with Gasteiger partial charge in [-0.3, -0.25) is 4.79 Å². The van der Waals surface area contributed by atoms with Gasteiger partial charge in [-0.2, -0.15) is 0 Å². The lowest BCUT2D eigenvalue weighted by Gasteiger charge is -2.17. The lowest BCUT2D eigenvalue weighted by molar-refractivity contribution is -0.130. The Hall–Kier alpha value is -1.60. The molecule has 1 aliphatic rings. The molecule has 0 unspecified atom stereocenters. The van der Waals surface area contributed by atoms with Gasteiger partial charge in [-0.15, -0.1) is 0 Å². The van der Waals surface area contributed by atoms with Gasteiger partial charge in [-0.25, -0.2) is 13.1 Å². The second kappa shape index (κ2) is 8.48. The molecule has 0 bridgehead atoms. The van der Waals surface area contributed by atoms with Gasteiger partial charge >= 0.3 is 0 Å². The van der Waals surface area contributed by atoms with Crippen molar-refractivity contribution in [1.29, 1.82) is 0 Å². The highest BCUT2D eigenvalue weighted by Crippen LogP contribution is 2.23. The molecular formula is C17H26N2O4S. The fourth-order valence-electron chi connectivity index (χ4n) is 3.08. The van der Waals surface area contributed by atoms with Gasteiger partial charge in [-0.1, -0.05) is 31.5 Å². The summed E-state index contributed by atoms with van der Waals surface area (Å²) in [4.78, 5) is 14.1. The van der Waals surface area contributed by atoms with E-state index in [4.69, 9.17) is 4.74 Å². The van der Waals surface area contributed by atoms with Crippen LogP contribution in [0.4, 0.5) is 0 Å². The predicted octanol–water partition coefficient (Wildman–Crippen LogP) is 1.63. The number of carbonyl (C=O) groups excluding carboxylic acids is 1. The highest BCUT2D eigenvalue weighted by Gasteiger charge is 2.35. The standard InChI is InChI=1S/C17H26N2O4S/c1-3-7-14-12-19(13-16(14)18-24(2,21)22)17(20)10-11-23-15-8-5-4-6-9-15/h4-6,8-9,14,16,18H,3,7,10-13H2,1-2H3/t14-,16-/m1/s1. The Morgan fingerprint density at radius 2 is 2.00 bits per heavy atom. The molecule has 1 aliphatic heterocycles. The van der Waals surface area contributed by atoms with Crippen molar-refractivity contribution >= 4 is 15.9 Å². The Labute approximate surface area is 144 Å². The molecule has 0 radical (unpaired) electrons. The molecule has 1 N–H and O–H groups in total. The highest BCUT2D eigenvalue weighted by atomic mass is 32.2. The number of para-hydroxylation sites is 1. The summed E-state index contributed by atoms with van der Waals surface area (Å²) in [6.45, 7) is 3.42. The Bertz CT molecular complexity index is 633. The van der Waals surface area contributed by atoms with Crippen molar-refractivity contribution in [2.75, 3.05) is 26.0 Å². The summed E-state index contributed by atoms with van der Waals surface area (Å²) in [7, 11) is -3.27. The number of nitrogens with one attached hydrogen (secondary N) is 1. The van der Waals surface area contributed by atoms with E-state index in [-0.39, 0.29) is 17.9 Å². The first-order valence-electron chi connectivity index (χ1n) is 8.32. The SMILES string of the molecule is CCC[C@@H]1CN(C(=O)CCOc2ccccc2)C[C@H]1NS(C)(=O)=O. The Morgan fingerprint density at radius 1 is 1.29 bits per heavy atom. The molecular weight excluding hydrogens is 328 g/mol. The molecule has 1 fully saturated rings. The van der Waals surface area contributed by atoms with E-state index in [1.54, 1.807) is 4.90 Å². The van der Waals surface area contributed by atoms with Gasteiger partial charge in [0.2, 0.25) is 15.9 Å². The first-order chi connectivity index (χ1) is 11.4. The van der Waals surface area contributed by atoms with Crippen LogP contribution >= 0.6 is 0 Å². The average molecular weight is 354 g/mol. The van der Waals surface area contributed by atoms with E-state index in [0.717, 1.165) is 24.8 Å². The highest BCUT2D eigenvalue weighted by molar-refractivity contribution is 7.88. The van der Waals surface area contributed by atoms with Crippen molar-refractivity contribution in [2.45, 2.75) is 32.2 Å². The monoisotopic (exact) mass is 354 g/mol. The number of sulfonamides is 1. The fourth-order valence-corrected chi connectivity index (χ4v) is 3.89. The number of rotatable bonds is 8. The van der Waals surface area contributed by atoms with Crippen molar-refractivity contribution in [3.63, 3.8) is 0 Å². The molecule has 7 heteroatoms. The topological polar surface area (TPSA) is 75.7 Å². The zero-order valence-corrected chi connectivity index (χ0v) is 15.1. The minimum atomic E-state index is -3.27. The van der Waals surface area contributed by atoms with E-state index in [2.05, 4.69) is 11.6 Å². The minimum Gasteiger partial charge on any atom is -0.493 e. The third kappa shape index (κ3) is 5.79. The molecule has 6 nitrogen and oxygen atoms in total. The smallest absolute Gasteiger partial charge is 0.226 e. The van der Waals surface area contributed by atoms with E-state index < -0.39 is 10.0 Å². The van der Waals surface area contributed by atoms with Crippen LogP contribution in [0.2, 0.25) is 0 Å². The summed E-state index contributed by atoms with van der Waals surface area (Å²) in [5.41, 5.74) is 0. The van der Waals surface area contributed by atoms with Crippen molar-refractivity contribution in [3.05, 3.63) is 30.3 Å². The number of amides is 1. The van der Waals surface area contributed by atoms with Crippen LogP contribution in [-0.4, -0.2) is 51.2 Å². The first-order valence-corrected chi connectivity index (χ1v) is 10.2. The molecule has 0 saturated carbocycles. The second-order valence-corrected chi connectivity index (χ2v) is 8.04. The van der Waals surface area contributed by atoms with Crippen LogP contribution in [0.3, 0.4) is 0 Å². The molecule has 1 aromatic carbocycles. The molecule has 2 rings (SSSR count). The summed E-state index contributed by atoms with van der Waals surface area (Å²) in [6, 6.07) is 9.18.